The third-order valence-electron chi connectivity index (χ3n) is 2.15. The first kappa shape index (κ1) is 10.8. The van der Waals surface area contributed by atoms with E-state index in [1.165, 1.54) is 12.3 Å². The molecule has 0 bridgehead atoms. The van der Waals surface area contributed by atoms with Crippen molar-refractivity contribution >= 4 is 15.9 Å². The van der Waals surface area contributed by atoms with Crippen molar-refractivity contribution in [3.63, 3.8) is 0 Å². The quantitative estimate of drug-likeness (QED) is 0.799. The van der Waals surface area contributed by atoms with Crippen LogP contribution >= 0.6 is 15.9 Å². The lowest BCUT2D eigenvalue weighted by Crippen LogP contribution is -1.92. The highest BCUT2D eigenvalue weighted by Crippen LogP contribution is 2.31. The molecule has 0 atom stereocenters. The highest BCUT2D eigenvalue weighted by molar-refractivity contribution is 9.10. The van der Waals surface area contributed by atoms with Crippen LogP contribution in [0.1, 0.15) is 5.69 Å². The Bertz CT molecular complexity index is 555. The van der Waals surface area contributed by atoms with Gasteiger partial charge < -0.3 is 0 Å². The predicted octanol–water partition coefficient (Wildman–Crippen LogP) is 3.52. The maximum Gasteiger partial charge on any atom is 0.148 e. The fourth-order valence-electron chi connectivity index (χ4n) is 1.45. The molecule has 0 N–H and O–H groups in total. The summed E-state index contributed by atoms with van der Waals surface area (Å²) in [5.41, 5.74) is 1.08. The number of nitriles is 1. The summed E-state index contributed by atoms with van der Waals surface area (Å²) >= 11 is 3.27. The van der Waals surface area contributed by atoms with Crippen molar-refractivity contribution < 1.29 is 4.39 Å². The van der Waals surface area contributed by atoms with E-state index in [1.807, 2.05) is 6.07 Å². The van der Waals surface area contributed by atoms with Gasteiger partial charge in [-0.15, -0.1) is 0 Å². The van der Waals surface area contributed by atoms with Crippen LogP contribution in [0.25, 0.3) is 11.1 Å². The van der Waals surface area contributed by atoms with Gasteiger partial charge in [0.25, 0.3) is 0 Å². The molecule has 0 saturated heterocycles. The summed E-state index contributed by atoms with van der Waals surface area (Å²) in [6.45, 7) is 0. The van der Waals surface area contributed by atoms with Crippen LogP contribution in [0, 0.1) is 17.1 Å². The van der Waals surface area contributed by atoms with Gasteiger partial charge in [-0.2, -0.15) is 5.26 Å². The van der Waals surface area contributed by atoms with Crippen LogP contribution in [0.15, 0.2) is 41.0 Å². The van der Waals surface area contributed by atoms with Gasteiger partial charge in [-0.25, -0.2) is 9.37 Å². The number of benzene rings is 1. The van der Waals surface area contributed by atoms with E-state index >= 15 is 0 Å². The zero-order valence-electron chi connectivity index (χ0n) is 8.11. The van der Waals surface area contributed by atoms with Crippen LogP contribution < -0.4 is 0 Å². The van der Waals surface area contributed by atoms with Crippen LogP contribution in [0.5, 0.6) is 0 Å². The zero-order valence-corrected chi connectivity index (χ0v) is 9.70. The number of pyridine rings is 1. The topological polar surface area (TPSA) is 36.7 Å². The molecule has 2 nitrogen and oxygen atoms in total. The molecule has 0 radical (unpaired) electrons. The first-order chi connectivity index (χ1) is 7.74. The van der Waals surface area contributed by atoms with E-state index in [1.54, 1.807) is 24.3 Å². The number of nitrogens with zero attached hydrogens (tertiary/aromatic N) is 2. The summed E-state index contributed by atoms with van der Waals surface area (Å²) in [6, 6.07) is 9.99. The average Bonchev–Trinajstić information content (AvgIpc) is 2.29. The van der Waals surface area contributed by atoms with Crippen LogP contribution in [0.2, 0.25) is 0 Å². The number of hydrogen-bond donors (Lipinski definition) is 0. The fourth-order valence-corrected chi connectivity index (χ4v) is 2.01. The van der Waals surface area contributed by atoms with Gasteiger partial charge in [-0.1, -0.05) is 22.0 Å². The second-order valence-corrected chi connectivity index (χ2v) is 3.96. The minimum Gasteiger partial charge on any atom is -0.245 e. The molecule has 0 amide bonds. The van der Waals surface area contributed by atoms with Gasteiger partial charge in [-0.3, -0.25) is 0 Å². The van der Waals surface area contributed by atoms with Gasteiger partial charge in [0.1, 0.15) is 17.6 Å². The second-order valence-electron chi connectivity index (χ2n) is 3.11. The lowest BCUT2D eigenvalue weighted by Gasteiger charge is -2.06. The SMILES string of the molecule is N#Cc1ncccc1-c1c(F)cccc1Br. The normalized spacial score (nSPS) is 9.81. The van der Waals surface area contributed by atoms with E-state index in [-0.39, 0.29) is 11.5 Å². The molecule has 0 aliphatic rings. The molecular formula is C12H6BrFN2. The van der Waals surface area contributed by atoms with E-state index in [2.05, 4.69) is 20.9 Å². The van der Waals surface area contributed by atoms with Gasteiger partial charge in [0.15, 0.2) is 0 Å². The minimum atomic E-state index is -0.376. The lowest BCUT2D eigenvalue weighted by atomic mass is 10.0. The van der Waals surface area contributed by atoms with Crippen LogP contribution in [0.3, 0.4) is 0 Å². The average molecular weight is 277 g/mol. The van der Waals surface area contributed by atoms with Gasteiger partial charge in [-0.05, 0) is 24.3 Å². The highest BCUT2D eigenvalue weighted by Gasteiger charge is 2.13. The number of rotatable bonds is 1. The molecule has 0 spiro atoms. The predicted molar refractivity (Wildman–Crippen MR) is 62.0 cm³/mol. The Hall–Kier alpha value is -1.73. The lowest BCUT2D eigenvalue weighted by molar-refractivity contribution is 0.630. The molecule has 0 fully saturated rings. The van der Waals surface area contributed by atoms with E-state index < -0.39 is 0 Å². The fraction of sp³-hybridized carbons (Fsp3) is 0. The number of aromatic nitrogens is 1. The summed E-state index contributed by atoms with van der Waals surface area (Å²) in [7, 11) is 0. The van der Waals surface area contributed by atoms with Crippen LogP contribution in [0.4, 0.5) is 4.39 Å². The Balaban J connectivity index is 2.73. The molecule has 0 saturated carbocycles. The van der Waals surface area contributed by atoms with Gasteiger partial charge in [0, 0.05) is 21.8 Å². The Kier molecular flexibility index (Phi) is 2.97. The van der Waals surface area contributed by atoms with Crippen molar-refractivity contribution in [2.75, 3.05) is 0 Å². The Labute approximate surface area is 100 Å². The Morgan fingerprint density at radius 1 is 1.25 bits per heavy atom. The maximum atomic E-state index is 13.7. The molecule has 4 heteroatoms. The van der Waals surface area contributed by atoms with Crippen LogP contribution in [-0.4, -0.2) is 4.98 Å². The summed E-state index contributed by atoms with van der Waals surface area (Å²) < 4.78 is 14.3. The molecule has 2 aromatic rings. The molecule has 1 heterocycles. The third kappa shape index (κ3) is 1.82. The summed E-state index contributed by atoms with van der Waals surface area (Å²) in [5.74, 6) is -0.376. The molecule has 0 aliphatic heterocycles. The van der Waals surface area contributed by atoms with Crippen molar-refractivity contribution in [1.82, 2.24) is 4.98 Å². The van der Waals surface area contributed by atoms with Gasteiger partial charge in [0.05, 0.1) is 0 Å². The van der Waals surface area contributed by atoms with Crippen molar-refractivity contribution in [2.24, 2.45) is 0 Å². The molecule has 0 unspecified atom stereocenters. The maximum absolute atomic E-state index is 13.7. The smallest absolute Gasteiger partial charge is 0.148 e. The standard InChI is InChI=1S/C12H6BrFN2/c13-9-4-1-5-10(14)12(9)8-3-2-6-16-11(8)7-15/h1-6H. The van der Waals surface area contributed by atoms with Crippen molar-refractivity contribution in [3.8, 4) is 17.2 Å². The Morgan fingerprint density at radius 3 is 2.75 bits per heavy atom. The van der Waals surface area contributed by atoms with Crippen molar-refractivity contribution in [1.29, 1.82) is 5.26 Å². The minimum absolute atomic E-state index is 0.216. The van der Waals surface area contributed by atoms with E-state index in [4.69, 9.17) is 5.26 Å². The molecule has 0 aliphatic carbocycles. The number of hydrogen-bond acceptors (Lipinski definition) is 2. The summed E-state index contributed by atoms with van der Waals surface area (Å²) in [6.07, 6.45) is 1.51. The van der Waals surface area contributed by atoms with Crippen LogP contribution in [-0.2, 0) is 0 Å². The highest BCUT2D eigenvalue weighted by atomic mass is 79.9. The van der Waals surface area contributed by atoms with Gasteiger partial charge in [0.2, 0.25) is 0 Å². The van der Waals surface area contributed by atoms with Gasteiger partial charge >= 0.3 is 0 Å². The molecule has 16 heavy (non-hydrogen) atoms. The van der Waals surface area contributed by atoms with E-state index in [0.29, 0.717) is 15.6 Å². The molecule has 78 valence electrons. The number of halogens is 2. The summed E-state index contributed by atoms with van der Waals surface area (Å²) in [5, 5.41) is 8.91. The van der Waals surface area contributed by atoms with Crippen molar-refractivity contribution in [2.45, 2.75) is 0 Å². The molecule has 1 aromatic heterocycles. The monoisotopic (exact) mass is 276 g/mol. The molecular weight excluding hydrogens is 271 g/mol. The summed E-state index contributed by atoms with van der Waals surface area (Å²) in [4.78, 5) is 3.91. The zero-order chi connectivity index (χ0) is 11.5. The molecule has 1 aromatic carbocycles. The largest absolute Gasteiger partial charge is 0.245 e. The Morgan fingerprint density at radius 2 is 2.06 bits per heavy atom. The first-order valence-electron chi connectivity index (χ1n) is 4.53. The third-order valence-corrected chi connectivity index (χ3v) is 2.81. The molecule has 2 rings (SSSR count). The van der Waals surface area contributed by atoms with E-state index in [9.17, 15) is 4.39 Å². The van der Waals surface area contributed by atoms with E-state index in [0.717, 1.165) is 0 Å². The second kappa shape index (κ2) is 4.42. The first-order valence-corrected chi connectivity index (χ1v) is 5.33. The van der Waals surface area contributed by atoms with Crippen molar-refractivity contribution in [3.05, 3.63) is 52.5 Å².